The van der Waals surface area contributed by atoms with Crippen LogP contribution in [0.3, 0.4) is 0 Å². The molecule has 0 aliphatic rings. The number of para-hydroxylation sites is 1. The second-order valence-corrected chi connectivity index (χ2v) is 3.61. The first-order valence-electron chi connectivity index (χ1n) is 5.30. The summed E-state index contributed by atoms with van der Waals surface area (Å²) in [5.41, 5.74) is 1.99. The molecule has 0 radical (unpaired) electrons. The number of aromatic nitrogens is 1. The first-order valence-corrected chi connectivity index (χ1v) is 5.30. The van der Waals surface area contributed by atoms with Gasteiger partial charge in [-0.05, 0) is 25.5 Å². The van der Waals surface area contributed by atoms with E-state index in [1.165, 1.54) is 0 Å². The topological polar surface area (TPSA) is 22.1 Å². The smallest absolute Gasteiger partial charge is 0.141 e. The predicted octanol–water partition coefficient (Wildman–Crippen LogP) is 3.33. The number of rotatable bonds is 3. The summed E-state index contributed by atoms with van der Waals surface area (Å²) in [6, 6.07) is 10.2. The third-order valence-corrected chi connectivity index (χ3v) is 2.33. The van der Waals surface area contributed by atoms with Crippen LogP contribution >= 0.6 is 0 Å². The number of pyridine rings is 1. The Hall–Kier alpha value is -1.57. The van der Waals surface area contributed by atoms with Gasteiger partial charge < -0.3 is 4.74 Å². The van der Waals surface area contributed by atoms with Crippen molar-refractivity contribution in [2.24, 2.45) is 0 Å². The van der Waals surface area contributed by atoms with E-state index in [2.05, 4.69) is 24.0 Å². The molecule has 78 valence electrons. The van der Waals surface area contributed by atoms with E-state index in [-0.39, 0.29) is 0 Å². The maximum Gasteiger partial charge on any atom is 0.141 e. The Bertz CT molecular complexity index is 465. The van der Waals surface area contributed by atoms with Crippen LogP contribution in [-0.4, -0.2) is 11.6 Å². The molecule has 2 nitrogen and oxygen atoms in total. The van der Waals surface area contributed by atoms with Crippen LogP contribution in [0.5, 0.6) is 5.75 Å². The lowest BCUT2D eigenvalue weighted by molar-refractivity contribution is 0.314. The minimum atomic E-state index is 0.751. The summed E-state index contributed by atoms with van der Waals surface area (Å²) in [5, 5.41) is 1.13. The van der Waals surface area contributed by atoms with E-state index in [0.717, 1.165) is 35.4 Å². The molecule has 0 aliphatic carbocycles. The maximum atomic E-state index is 5.63. The molecule has 0 bridgehead atoms. The van der Waals surface area contributed by atoms with Gasteiger partial charge in [0.15, 0.2) is 0 Å². The standard InChI is InChI=1S/C13H15NO/c1-3-8-15-13-9-11-6-4-5-7-12(11)14-10(13)2/h4-7,9H,3,8H2,1-2H3. The second kappa shape index (κ2) is 4.30. The van der Waals surface area contributed by atoms with Crippen molar-refractivity contribution in [1.29, 1.82) is 0 Å². The molecule has 0 aliphatic heterocycles. The second-order valence-electron chi connectivity index (χ2n) is 3.61. The molecule has 1 aromatic heterocycles. The zero-order valence-electron chi connectivity index (χ0n) is 9.16. The van der Waals surface area contributed by atoms with Gasteiger partial charge in [-0.25, -0.2) is 4.98 Å². The summed E-state index contributed by atoms with van der Waals surface area (Å²) in [6.07, 6.45) is 1.02. The molecule has 15 heavy (non-hydrogen) atoms. The monoisotopic (exact) mass is 201 g/mol. The molecule has 0 N–H and O–H groups in total. The third kappa shape index (κ3) is 2.09. The Labute approximate surface area is 89.9 Å². The summed E-state index contributed by atoms with van der Waals surface area (Å²) < 4.78 is 5.63. The zero-order chi connectivity index (χ0) is 10.7. The van der Waals surface area contributed by atoms with Crippen LogP contribution in [0.25, 0.3) is 10.9 Å². The number of hydrogen-bond acceptors (Lipinski definition) is 2. The first kappa shape index (κ1) is 9.97. The van der Waals surface area contributed by atoms with Crippen LogP contribution in [0.2, 0.25) is 0 Å². The molecule has 2 heteroatoms. The minimum Gasteiger partial charge on any atom is -0.492 e. The number of ether oxygens (including phenoxy) is 1. The van der Waals surface area contributed by atoms with E-state index in [1.54, 1.807) is 0 Å². The van der Waals surface area contributed by atoms with Gasteiger partial charge in [0.1, 0.15) is 5.75 Å². The largest absolute Gasteiger partial charge is 0.492 e. The average molecular weight is 201 g/mol. The first-order chi connectivity index (χ1) is 7.31. The fourth-order valence-electron chi connectivity index (χ4n) is 1.55. The fourth-order valence-corrected chi connectivity index (χ4v) is 1.55. The van der Waals surface area contributed by atoms with Crippen molar-refractivity contribution in [3.63, 3.8) is 0 Å². The number of hydrogen-bond donors (Lipinski definition) is 0. The highest BCUT2D eigenvalue weighted by molar-refractivity contribution is 5.80. The lowest BCUT2D eigenvalue weighted by Crippen LogP contribution is -1.98. The van der Waals surface area contributed by atoms with Crippen molar-refractivity contribution in [3.8, 4) is 5.75 Å². The van der Waals surface area contributed by atoms with Gasteiger partial charge in [-0.1, -0.05) is 25.1 Å². The van der Waals surface area contributed by atoms with E-state index in [1.807, 2.05) is 25.1 Å². The van der Waals surface area contributed by atoms with Crippen LogP contribution < -0.4 is 4.74 Å². The number of aryl methyl sites for hydroxylation is 1. The molecule has 0 spiro atoms. The van der Waals surface area contributed by atoms with Crippen LogP contribution in [0, 0.1) is 6.92 Å². The quantitative estimate of drug-likeness (QED) is 0.759. The summed E-state index contributed by atoms with van der Waals surface area (Å²) in [6.45, 7) is 4.84. The lowest BCUT2D eigenvalue weighted by atomic mass is 10.2. The number of nitrogens with zero attached hydrogens (tertiary/aromatic N) is 1. The van der Waals surface area contributed by atoms with Gasteiger partial charge in [0.05, 0.1) is 17.8 Å². The van der Waals surface area contributed by atoms with Crippen LogP contribution in [-0.2, 0) is 0 Å². The van der Waals surface area contributed by atoms with Gasteiger partial charge in [-0.15, -0.1) is 0 Å². The Morgan fingerprint density at radius 2 is 2.07 bits per heavy atom. The lowest BCUT2D eigenvalue weighted by Gasteiger charge is -2.08. The Balaban J connectivity index is 2.43. The number of fused-ring (bicyclic) bond motifs is 1. The summed E-state index contributed by atoms with van der Waals surface area (Å²) in [5.74, 6) is 0.899. The van der Waals surface area contributed by atoms with Crippen LogP contribution in [0.1, 0.15) is 19.0 Å². The zero-order valence-corrected chi connectivity index (χ0v) is 9.16. The maximum absolute atomic E-state index is 5.63. The molecular formula is C13H15NO. The molecule has 2 aromatic rings. The molecule has 2 rings (SSSR count). The van der Waals surface area contributed by atoms with E-state index < -0.39 is 0 Å². The van der Waals surface area contributed by atoms with E-state index >= 15 is 0 Å². The molecular weight excluding hydrogens is 186 g/mol. The summed E-state index contributed by atoms with van der Waals surface area (Å²) >= 11 is 0. The number of benzene rings is 1. The van der Waals surface area contributed by atoms with Crippen molar-refractivity contribution < 1.29 is 4.74 Å². The van der Waals surface area contributed by atoms with Crippen LogP contribution in [0.15, 0.2) is 30.3 Å². The Morgan fingerprint density at radius 3 is 2.87 bits per heavy atom. The SMILES string of the molecule is CCCOc1cc2ccccc2nc1C. The highest BCUT2D eigenvalue weighted by Gasteiger charge is 2.02. The van der Waals surface area contributed by atoms with Gasteiger partial charge in [0, 0.05) is 5.39 Å². The van der Waals surface area contributed by atoms with Gasteiger partial charge >= 0.3 is 0 Å². The normalized spacial score (nSPS) is 10.5. The van der Waals surface area contributed by atoms with Gasteiger partial charge in [0.2, 0.25) is 0 Å². The molecule has 1 aromatic carbocycles. The van der Waals surface area contributed by atoms with Crippen molar-refractivity contribution in [1.82, 2.24) is 4.98 Å². The van der Waals surface area contributed by atoms with E-state index in [9.17, 15) is 0 Å². The molecule has 0 saturated carbocycles. The van der Waals surface area contributed by atoms with Crippen LogP contribution in [0.4, 0.5) is 0 Å². The van der Waals surface area contributed by atoms with Gasteiger partial charge in [0.25, 0.3) is 0 Å². The highest BCUT2D eigenvalue weighted by atomic mass is 16.5. The van der Waals surface area contributed by atoms with E-state index in [0.29, 0.717) is 0 Å². The van der Waals surface area contributed by atoms with Gasteiger partial charge in [-0.2, -0.15) is 0 Å². The van der Waals surface area contributed by atoms with Crippen molar-refractivity contribution in [3.05, 3.63) is 36.0 Å². The van der Waals surface area contributed by atoms with Crippen molar-refractivity contribution in [2.75, 3.05) is 6.61 Å². The van der Waals surface area contributed by atoms with E-state index in [4.69, 9.17) is 4.74 Å². The van der Waals surface area contributed by atoms with Crippen molar-refractivity contribution in [2.45, 2.75) is 20.3 Å². The van der Waals surface area contributed by atoms with Crippen molar-refractivity contribution >= 4 is 10.9 Å². The molecule has 0 fully saturated rings. The predicted molar refractivity (Wildman–Crippen MR) is 62.3 cm³/mol. The molecule has 0 amide bonds. The Kier molecular flexibility index (Phi) is 2.86. The molecule has 1 heterocycles. The average Bonchev–Trinajstić information content (AvgIpc) is 2.26. The Morgan fingerprint density at radius 1 is 1.27 bits per heavy atom. The summed E-state index contributed by atoms with van der Waals surface area (Å²) in [4.78, 5) is 4.50. The van der Waals surface area contributed by atoms with Gasteiger partial charge in [-0.3, -0.25) is 0 Å². The molecule has 0 saturated heterocycles. The highest BCUT2D eigenvalue weighted by Crippen LogP contribution is 2.22. The summed E-state index contributed by atoms with van der Waals surface area (Å²) in [7, 11) is 0. The third-order valence-electron chi connectivity index (χ3n) is 2.33. The fraction of sp³-hybridized carbons (Fsp3) is 0.308. The molecule has 0 unspecified atom stereocenters. The minimum absolute atomic E-state index is 0.751. The molecule has 0 atom stereocenters.